The molecule has 0 spiro atoms. The van der Waals surface area contributed by atoms with Gasteiger partial charge in [-0.05, 0) is 41.0 Å². The van der Waals surface area contributed by atoms with Crippen LogP contribution in [0.1, 0.15) is 16.7 Å². The molecule has 2 atom stereocenters. The summed E-state index contributed by atoms with van der Waals surface area (Å²) in [5, 5.41) is 6.09. The predicted molar refractivity (Wildman–Crippen MR) is 168 cm³/mol. The van der Waals surface area contributed by atoms with E-state index in [1.807, 2.05) is 42.5 Å². The van der Waals surface area contributed by atoms with Gasteiger partial charge in [0.2, 0.25) is 11.8 Å². The minimum Gasteiger partial charge on any atom is -0.497 e. The van der Waals surface area contributed by atoms with E-state index < -0.39 is 26.1 Å². The summed E-state index contributed by atoms with van der Waals surface area (Å²) in [5.74, 6) is 0.0187. The number of rotatable bonds is 11. The molecule has 2 aliphatic heterocycles. The van der Waals surface area contributed by atoms with Crippen molar-refractivity contribution in [2.24, 2.45) is 0 Å². The smallest absolute Gasteiger partial charge is 0.497 e. The molecule has 0 aromatic heterocycles. The van der Waals surface area contributed by atoms with Crippen molar-refractivity contribution in [3.8, 4) is 11.5 Å². The molecule has 2 saturated heterocycles. The van der Waals surface area contributed by atoms with Gasteiger partial charge in [0.25, 0.3) is 0 Å². The maximum atomic E-state index is 14.1. The molecule has 5 rings (SSSR count). The normalized spacial score (nSPS) is 17.9. The summed E-state index contributed by atoms with van der Waals surface area (Å²) in [6.45, 7) is 4.46. The Morgan fingerprint density at radius 3 is 2.19 bits per heavy atom. The zero-order valence-corrected chi connectivity index (χ0v) is 26.9. The molecule has 3 aromatic rings. The quantitative estimate of drug-likeness (QED) is 0.204. The van der Waals surface area contributed by atoms with Crippen molar-refractivity contribution in [3.05, 3.63) is 108 Å². The monoisotopic (exact) mass is 689 g/mol. The second-order valence-corrected chi connectivity index (χ2v) is 12.1. The van der Waals surface area contributed by atoms with Gasteiger partial charge in [-0.15, -0.1) is 6.58 Å². The van der Waals surface area contributed by atoms with Gasteiger partial charge in [-0.25, -0.2) is 19.4 Å². The number of hydrogen-bond donors (Lipinski definition) is 3. The van der Waals surface area contributed by atoms with E-state index in [4.69, 9.17) is 14.5 Å². The van der Waals surface area contributed by atoms with Gasteiger partial charge in [0.05, 0.1) is 20.2 Å². The number of benzene rings is 3. The van der Waals surface area contributed by atoms with Crippen LogP contribution in [0.2, 0.25) is 0 Å². The van der Waals surface area contributed by atoms with Crippen LogP contribution in [0, 0.1) is 12.3 Å². The fraction of sp³-hybridized carbons (Fsp3) is 0.281. The first kappa shape index (κ1) is 37.6. The molecule has 16 heteroatoms. The Kier molecular flexibility index (Phi) is 12.8. The van der Waals surface area contributed by atoms with Gasteiger partial charge in [0, 0.05) is 38.4 Å². The average Bonchev–Trinajstić information content (AvgIpc) is 3.03. The Morgan fingerprint density at radius 1 is 0.958 bits per heavy atom. The first-order valence-electron chi connectivity index (χ1n) is 14.6. The van der Waals surface area contributed by atoms with Crippen molar-refractivity contribution in [1.29, 1.82) is 0 Å². The van der Waals surface area contributed by atoms with Crippen LogP contribution in [-0.4, -0.2) is 86.4 Å². The molecule has 3 N–H and O–H groups in total. The number of phosphoric acid groups is 1. The Balaban J connectivity index is 0.00000312. The number of fused-ring (bicyclic) bond motifs is 1. The summed E-state index contributed by atoms with van der Waals surface area (Å²) in [7, 11) is -3.18. The molecule has 2 aliphatic rings. The van der Waals surface area contributed by atoms with E-state index in [9.17, 15) is 18.9 Å². The standard InChI is InChI=1S/C32H36N5O8P.2Ne/c1-3-17-35-22-30(38)36-28(18-23-9-15-27(16-10-23)45-46(41,42)43)31(39)34(20-25-11-13-26(44-2)14-12-25)21-29(36)37(35)32(40)33-19-24-7-5-4-6-8-24;;/h3-16,28-29H,1,17-22H2,2H3,(H,33,40)(H2,41,42,43);;/t28-,29-;;/m0../s1. The summed E-state index contributed by atoms with van der Waals surface area (Å²) in [6.07, 6.45) is 0.884. The van der Waals surface area contributed by atoms with E-state index in [1.54, 1.807) is 47.4 Å². The molecule has 2 fully saturated rings. The molecule has 13 nitrogen and oxygen atoms in total. The van der Waals surface area contributed by atoms with Crippen molar-refractivity contribution < 1.29 is 50.3 Å². The molecule has 0 saturated carbocycles. The molecular formula is C32H36N5Ne2O8P. The summed E-state index contributed by atoms with van der Waals surface area (Å²) < 4.78 is 21.2. The van der Waals surface area contributed by atoms with Crippen LogP contribution in [0.25, 0.3) is 0 Å². The van der Waals surface area contributed by atoms with Crippen molar-refractivity contribution in [2.45, 2.75) is 31.7 Å². The van der Waals surface area contributed by atoms with Gasteiger partial charge in [-0.1, -0.05) is 60.7 Å². The van der Waals surface area contributed by atoms with E-state index in [1.165, 1.54) is 22.0 Å². The Hall–Kier alpha value is -4.86. The minimum absolute atomic E-state index is 0. The zero-order valence-electron chi connectivity index (χ0n) is 26.0. The number of nitrogens with zero attached hydrogens (tertiary/aromatic N) is 4. The Bertz CT molecular complexity index is 1610. The summed E-state index contributed by atoms with van der Waals surface area (Å²) in [4.78, 5) is 63.2. The van der Waals surface area contributed by atoms with Crippen LogP contribution in [-0.2, 0) is 33.7 Å². The average molecular weight is 690 g/mol. The fourth-order valence-corrected chi connectivity index (χ4v) is 6.09. The summed E-state index contributed by atoms with van der Waals surface area (Å²) in [5.41, 5.74) is 2.37. The van der Waals surface area contributed by atoms with Gasteiger partial charge >= 0.3 is 13.9 Å². The molecule has 48 heavy (non-hydrogen) atoms. The van der Waals surface area contributed by atoms with Gasteiger partial charge in [0.15, 0.2) is 0 Å². The number of hydrazine groups is 1. The van der Waals surface area contributed by atoms with Crippen LogP contribution in [0.5, 0.6) is 11.5 Å². The molecule has 4 amide bonds. The Morgan fingerprint density at radius 2 is 1.58 bits per heavy atom. The molecule has 258 valence electrons. The number of nitrogens with one attached hydrogen (secondary N) is 1. The second kappa shape index (κ2) is 16.3. The number of urea groups is 1. The van der Waals surface area contributed by atoms with Crippen LogP contribution in [0.3, 0.4) is 0 Å². The third-order valence-electron chi connectivity index (χ3n) is 7.77. The number of ether oxygens (including phenoxy) is 1. The van der Waals surface area contributed by atoms with Crippen LogP contribution in [0.4, 0.5) is 4.79 Å². The van der Waals surface area contributed by atoms with Crippen molar-refractivity contribution in [2.75, 3.05) is 26.7 Å². The molecule has 2 heterocycles. The molecule has 3 aromatic carbocycles. The van der Waals surface area contributed by atoms with Gasteiger partial charge in [-0.2, -0.15) is 0 Å². The van der Waals surface area contributed by atoms with Gasteiger partial charge < -0.3 is 24.4 Å². The van der Waals surface area contributed by atoms with Crippen LogP contribution >= 0.6 is 7.82 Å². The number of phosphoric ester groups is 1. The number of carbonyl (C=O) groups is 3. The number of amides is 4. The molecule has 0 bridgehead atoms. The maximum absolute atomic E-state index is 14.1. The first-order valence-corrected chi connectivity index (χ1v) is 16.1. The van der Waals surface area contributed by atoms with Gasteiger partial charge in [0.1, 0.15) is 23.7 Å². The van der Waals surface area contributed by atoms with E-state index in [0.717, 1.165) is 11.1 Å². The summed E-state index contributed by atoms with van der Waals surface area (Å²) >= 11 is 0. The summed E-state index contributed by atoms with van der Waals surface area (Å²) in [6, 6.07) is 21.3. The predicted octanol–water partition coefficient (Wildman–Crippen LogP) is 2.90. The minimum atomic E-state index is -4.75. The molecular weight excluding hydrogens is 654 g/mol. The van der Waals surface area contributed by atoms with E-state index in [0.29, 0.717) is 11.3 Å². The Labute approximate surface area is 279 Å². The van der Waals surface area contributed by atoms with Crippen molar-refractivity contribution in [3.63, 3.8) is 0 Å². The number of carbonyl (C=O) groups excluding carboxylic acids is 3. The van der Waals surface area contributed by atoms with E-state index in [2.05, 4.69) is 16.4 Å². The van der Waals surface area contributed by atoms with E-state index in [-0.39, 0.29) is 69.0 Å². The SMILES string of the molecule is C=CCN1CC(=O)N2[C@@H](Cc3ccc(OP(=O)(O)O)cc3)C(=O)N(Cc3ccc(OC)cc3)C[C@@H]2N1C(=O)NCc1ccccc1.[Ne].[Ne]. The third kappa shape index (κ3) is 8.93. The first-order chi connectivity index (χ1) is 22.1. The third-order valence-corrected chi connectivity index (χ3v) is 8.22. The van der Waals surface area contributed by atoms with Crippen LogP contribution in [0.15, 0.2) is 91.5 Å². The largest absolute Gasteiger partial charge is 0.524 e. The number of hydrogen-bond acceptors (Lipinski definition) is 7. The number of methoxy groups -OCH3 is 1. The van der Waals surface area contributed by atoms with Crippen molar-refractivity contribution in [1.82, 2.24) is 25.1 Å². The van der Waals surface area contributed by atoms with E-state index >= 15 is 0 Å². The fourth-order valence-electron chi connectivity index (χ4n) is 5.70. The topological polar surface area (TPSA) is 152 Å². The second-order valence-electron chi connectivity index (χ2n) is 10.9. The maximum Gasteiger partial charge on any atom is 0.524 e. The van der Waals surface area contributed by atoms with Gasteiger partial charge in [-0.3, -0.25) is 19.4 Å². The van der Waals surface area contributed by atoms with Crippen LogP contribution < -0.4 is 14.6 Å². The molecule has 0 radical (unpaired) electrons. The molecule has 0 aliphatic carbocycles. The number of piperazine rings is 1. The zero-order chi connectivity index (χ0) is 32.8. The van der Waals surface area contributed by atoms with Crippen molar-refractivity contribution >= 4 is 25.7 Å². The molecule has 0 unspecified atom stereocenters.